The third kappa shape index (κ3) is 6.54. The molecule has 0 spiro atoms. The number of sulfonamides is 1. The van der Waals surface area contributed by atoms with E-state index in [9.17, 15) is 22.4 Å². The van der Waals surface area contributed by atoms with Crippen molar-refractivity contribution in [1.82, 2.24) is 20.3 Å². The zero-order chi connectivity index (χ0) is 21.4. The molecule has 0 unspecified atom stereocenters. The second-order valence-corrected chi connectivity index (χ2v) is 8.45. The molecule has 10 heteroatoms. The largest absolute Gasteiger partial charge is 0.350 e. The van der Waals surface area contributed by atoms with Gasteiger partial charge < -0.3 is 16.0 Å². The molecular formula is C19H23FN4O4S. The average molecular weight is 422 g/mol. The van der Waals surface area contributed by atoms with Gasteiger partial charge in [-0.3, -0.25) is 4.79 Å². The monoisotopic (exact) mass is 422 g/mol. The molecule has 8 nitrogen and oxygen atoms in total. The number of nitrogens with one attached hydrogen (secondary N) is 3. The Morgan fingerprint density at radius 3 is 2.24 bits per heavy atom. The number of benzene rings is 2. The number of carbonyl (C=O) groups excluding carboxylic acids is 2. The van der Waals surface area contributed by atoms with Crippen molar-refractivity contribution in [3.05, 3.63) is 65.5 Å². The highest BCUT2D eigenvalue weighted by Gasteiger charge is 2.20. The van der Waals surface area contributed by atoms with Gasteiger partial charge in [0.25, 0.3) is 0 Å². The minimum absolute atomic E-state index is 0.000948. The molecule has 29 heavy (non-hydrogen) atoms. The van der Waals surface area contributed by atoms with Crippen LogP contribution in [-0.2, 0) is 27.9 Å². The molecule has 0 radical (unpaired) electrons. The fraction of sp³-hybridized carbons (Fsp3) is 0.263. The molecule has 0 atom stereocenters. The van der Waals surface area contributed by atoms with Crippen molar-refractivity contribution in [3.8, 4) is 0 Å². The van der Waals surface area contributed by atoms with Crippen molar-refractivity contribution < 1.29 is 22.4 Å². The Kier molecular flexibility index (Phi) is 7.68. The van der Waals surface area contributed by atoms with Crippen LogP contribution in [0.4, 0.5) is 9.18 Å². The predicted molar refractivity (Wildman–Crippen MR) is 106 cm³/mol. The number of nitrogens with zero attached hydrogens (tertiary/aromatic N) is 1. The van der Waals surface area contributed by atoms with Gasteiger partial charge in [0.05, 0.1) is 11.4 Å². The zero-order valence-corrected chi connectivity index (χ0v) is 16.9. The lowest BCUT2D eigenvalue weighted by Crippen LogP contribution is -2.41. The molecule has 2 aromatic carbocycles. The molecule has 2 rings (SSSR count). The quantitative estimate of drug-likeness (QED) is 0.594. The third-order valence-electron chi connectivity index (χ3n) is 3.98. The lowest BCUT2D eigenvalue weighted by atomic mass is 10.2. The van der Waals surface area contributed by atoms with Crippen molar-refractivity contribution >= 4 is 22.0 Å². The molecule has 156 valence electrons. The van der Waals surface area contributed by atoms with E-state index >= 15 is 0 Å². The van der Waals surface area contributed by atoms with Gasteiger partial charge in [-0.2, -0.15) is 0 Å². The molecule has 0 aliphatic rings. The van der Waals surface area contributed by atoms with Gasteiger partial charge in [-0.25, -0.2) is 21.9 Å². The summed E-state index contributed by atoms with van der Waals surface area (Å²) < 4.78 is 38.6. The summed E-state index contributed by atoms with van der Waals surface area (Å²) in [5.74, 6) is -0.839. The Balaban J connectivity index is 1.82. The Hall–Kier alpha value is -2.98. The Morgan fingerprint density at radius 2 is 1.59 bits per heavy atom. The van der Waals surface area contributed by atoms with Crippen molar-refractivity contribution in [3.63, 3.8) is 0 Å². The van der Waals surface area contributed by atoms with E-state index in [1.165, 1.54) is 32.3 Å². The number of urea groups is 1. The van der Waals surface area contributed by atoms with Crippen LogP contribution in [0.1, 0.15) is 11.1 Å². The Bertz CT molecular complexity index is 962. The molecular weight excluding hydrogens is 399 g/mol. The van der Waals surface area contributed by atoms with E-state index in [4.69, 9.17) is 0 Å². The van der Waals surface area contributed by atoms with Crippen LogP contribution in [0.15, 0.2) is 53.4 Å². The van der Waals surface area contributed by atoms with Crippen LogP contribution in [0.5, 0.6) is 0 Å². The number of hydrogen-bond donors (Lipinski definition) is 3. The number of hydrogen-bond acceptors (Lipinski definition) is 4. The number of amides is 3. The van der Waals surface area contributed by atoms with Crippen LogP contribution < -0.4 is 16.0 Å². The van der Waals surface area contributed by atoms with Crippen LogP contribution in [-0.4, -0.2) is 45.3 Å². The second kappa shape index (κ2) is 9.99. The highest BCUT2D eigenvalue weighted by atomic mass is 32.2. The summed E-state index contributed by atoms with van der Waals surface area (Å²) >= 11 is 0. The van der Waals surface area contributed by atoms with Gasteiger partial charge >= 0.3 is 6.03 Å². The van der Waals surface area contributed by atoms with Crippen LogP contribution in [0, 0.1) is 5.82 Å². The van der Waals surface area contributed by atoms with Gasteiger partial charge in [0.1, 0.15) is 5.82 Å². The van der Waals surface area contributed by atoms with E-state index in [2.05, 4.69) is 16.0 Å². The molecule has 2 aromatic rings. The molecule has 3 N–H and O–H groups in total. The molecule has 0 fully saturated rings. The van der Waals surface area contributed by atoms with Crippen LogP contribution in [0.2, 0.25) is 0 Å². The molecule has 0 aliphatic heterocycles. The van der Waals surface area contributed by atoms with Crippen molar-refractivity contribution in [2.75, 3.05) is 20.6 Å². The molecule has 3 amide bonds. The van der Waals surface area contributed by atoms with Crippen molar-refractivity contribution in [2.24, 2.45) is 0 Å². The number of carbonyl (C=O) groups is 2. The first kappa shape index (κ1) is 22.3. The van der Waals surface area contributed by atoms with Gasteiger partial charge in [-0.05, 0) is 29.3 Å². The van der Waals surface area contributed by atoms with E-state index < -0.39 is 22.0 Å². The molecule has 0 aromatic heterocycles. The summed E-state index contributed by atoms with van der Waals surface area (Å²) in [5, 5.41) is 7.53. The van der Waals surface area contributed by atoms with Crippen LogP contribution in [0.25, 0.3) is 0 Å². The summed E-state index contributed by atoms with van der Waals surface area (Å²) in [6.07, 6.45) is 0. The predicted octanol–water partition coefficient (Wildman–Crippen LogP) is 1.19. The molecule has 0 heterocycles. The highest BCUT2D eigenvalue weighted by Crippen LogP contribution is 2.18. The fourth-order valence-electron chi connectivity index (χ4n) is 2.36. The Morgan fingerprint density at radius 1 is 0.931 bits per heavy atom. The second-order valence-electron chi connectivity index (χ2n) is 6.33. The molecule has 0 saturated carbocycles. The summed E-state index contributed by atoms with van der Waals surface area (Å²) in [6, 6.07) is 11.5. The Labute approximate surface area is 169 Å². The maximum Gasteiger partial charge on any atom is 0.315 e. The standard InChI is InChI=1S/C19H23FN4O4S/c1-24(2)29(27,28)17-6-4-3-5-15(17)12-21-18(25)13-23-19(26)22-11-14-7-9-16(20)10-8-14/h3-10H,11-13H2,1-2H3,(H,21,25)(H2,22,23,26). The van der Waals surface area contributed by atoms with E-state index in [1.54, 1.807) is 30.3 Å². The fourth-order valence-corrected chi connectivity index (χ4v) is 3.48. The lowest BCUT2D eigenvalue weighted by Gasteiger charge is -2.15. The smallest absolute Gasteiger partial charge is 0.315 e. The first-order valence-corrected chi connectivity index (χ1v) is 10.2. The minimum atomic E-state index is -3.64. The average Bonchev–Trinajstić information content (AvgIpc) is 2.70. The van der Waals surface area contributed by atoms with Crippen molar-refractivity contribution in [2.45, 2.75) is 18.0 Å². The van der Waals surface area contributed by atoms with Crippen LogP contribution >= 0.6 is 0 Å². The van der Waals surface area contributed by atoms with Gasteiger partial charge in [-0.1, -0.05) is 30.3 Å². The first-order valence-electron chi connectivity index (χ1n) is 8.73. The zero-order valence-electron chi connectivity index (χ0n) is 16.1. The topological polar surface area (TPSA) is 108 Å². The van der Waals surface area contributed by atoms with Crippen LogP contribution in [0.3, 0.4) is 0 Å². The van der Waals surface area contributed by atoms with Gasteiger partial charge in [0.15, 0.2) is 0 Å². The maximum atomic E-state index is 12.8. The van der Waals surface area contributed by atoms with Gasteiger partial charge in [-0.15, -0.1) is 0 Å². The normalized spacial score (nSPS) is 11.2. The summed E-state index contributed by atoms with van der Waals surface area (Å²) in [4.78, 5) is 23.8. The summed E-state index contributed by atoms with van der Waals surface area (Å²) in [5.41, 5.74) is 1.15. The SMILES string of the molecule is CN(C)S(=O)(=O)c1ccccc1CNC(=O)CNC(=O)NCc1ccc(F)cc1. The molecule has 0 bridgehead atoms. The lowest BCUT2D eigenvalue weighted by molar-refractivity contribution is -0.120. The summed E-state index contributed by atoms with van der Waals surface area (Å²) in [6.45, 7) is -0.0949. The maximum absolute atomic E-state index is 12.8. The van der Waals surface area contributed by atoms with Gasteiger partial charge in [0.2, 0.25) is 15.9 Å². The van der Waals surface area contributed by atoms with E-state index in [0.717, 1.165) is 4.31 Å². The van der Waals surface area contributed by atoms with E-state index in [1.807, 2.05) is 0 Å². The highest BCUT2D eigenvalue weighted by molar-refractivity contribution is 7.89. The summed E-state index contributed by atoms with van der Waals surface area (Å²) in [7, 11) is -0.779. The number of halogens is 1. The van der Waals surface area contributed by atoms with Gasteiger partial charge in [0, 0.05) is 27.2 Å². The van der Waals surface area contributed by atoms with E-state index in [-0.39, 0.29) is 30.3 Å². The minimum Gasteiger partial charge on any atom is -0.350 e. The third-order valence-corrected chi connectivity index (χ3v) is 5.90. The first-order chi connectivity index (χ1) is 13.7. The molecule has 0 aliphatic carbocycles. The number of rotatable bonds is 8. The van der Waals surface area contributed by atoms with E-state index in [0.29, 0.717) is 11.1 Å². The molecule has 0 saturated heterocycles. The van der Waals surface area contributed by atoms with Crippen molar-refractivity contribution in [1.29, 1.82) is 0 Å².